The van der Waals surface area contributed by atoms with Crippen molar-refractivity contribution in [2.45, 2.75) is 77.6 Å². The first-order valence-corrected chi connectivity index (χ1v) is 16.7. The molecule has 3 aromatic carbocycles. The van der Waals surface area contributed by atoms with Gasteiger partial charge in [0, 0.05) is 11.1 Å². The first-order valence-electron chi connectivity index (χ1n) is 16.7. The van der Waals surface area contributed by atoms with Crippen molar-refractivity contribution in [2.24, 2.45) is 0 Å². The number of halogens is 8. The predicted molar refractivity (Wildman–Crippen MR) is 173 cm³/mol. The van der Waals surface area contributed by atoms with Gasteiger partial charge in [0.2, 0.25) is 11.8 Å². The van der Waals surface area contributed by atoms with Crippen LogP contribution in [0.4, 0.5) is 35.1 Å². The zero-order chi connectivity index (χ0) is 37.5. The minimum absolute atomic E-state index is 0.156. The zero-order valence-corrected chi connectivity index (χ0v) is 28.1. The molecule has 2 heterocycles. The smallest absolute Gasteiger partial charge is 0.419 e. The van der Waals surface area contributed by atoms with Crippen LogP contribution in [0.3, 0.4) is 0 Å². The Labute approximate surface area is 293 Å². The summed E-state index contributed by atoms with van der Waals surface area (Å²) in [6, 6.07) is 7.57. The predicted octanol–water partition coefficient (Wildman–Crippen LogP) is 11.4. The van der Waals surface area contributed by atoms with Gasteiger partial charge >= 0.3 is 12.4 Å². The number of hydrogen-bond donors (Lipinski definition) is 0. The van der Waals surface area contributed by atoms with E-state index in [1.54, 1.807) is 0 Å². The third-order valence-electron chi connectivity index (χ3n) is 7.94. The van der Waals surface area contributed by atoms with Crippen LogP contribution in [0, 0.1) is 11.6 Å². The second kappa shape index (κ2) is 16.5. The lowest BCUT2D eigenvalue weighted by Gasteiger charge is -2.15. The Kier molecular flexibility index (Phi) is 12.2. The largest absolute Gasteiger partial charge is 0.493 e. The second-order valence-corrected chi connectivity index (χ2v) is 11.9. The van der Waals surface area contributed by atoms with Gasteiger partial charge in [0.05, 0.1) is 35.5 Å². The summed E-state index contributed by atoms with van der Waals surface area (Å²) < 4.78 is 132. The van der Waals surface area contributed by atoms with Crippen molar-refractivity contribution in [3.63, 3.8) is 0 Å². The van der Waals surface area contributed by atoms with Crippen molar-refractivity contribution >= 4 is 0 Å². The van der Waals surface area contributed by atoms with Gasteiger partial charge in [-0.1, -0.05) is 52.4 Å². The molecular weight excluding hydrogens is 704 g/mol. The molecule has 0 spiro atoms. The Hall–Kier alpha value is -5.02. The van der Waals surface area contributed by atoms with Crippen molar-refractivity contribution in [1.29, 1.82) is 0 Å². The molecule has 0 unspecified atom stereocenters. The lowest BCUT2D eigenvalue weighted by atomic mass is 10.1. The van der Waals surface area contributed by atoms with Gasteiger partial charge in [-0.15, -0.1) is 20.4 Å². The van der Waals surface area contributed by atoms with Crippen LogP contribution < -0.4 is 9.47 Å². The summed E-state index contributed by atoms with van der Waals surface area (Å²) in [5, 5.41) is 15.9. The molecule has 0 bridgehead atoms. The summed E-state index contributed by atoms with van der Waals surface area (Å²) in [7, 11) is 0. The minimum Gasteiger partial charge on any atom is -0.493 e. The highest BCUT2D eigenvalue weighted by Gasteiger charge is 2.36. The number of alkyl halides is 6. The van der Waals surface area contributed by atoms with Crippen molar-refractivity contribution < 1.29 is 53.4 Å². The van der Waals surface area contributed by atoms with Crippen LogP contribution in [0.2, 0.25) is 0 Å². The lowest BCUT2D eigenvalue weighted by molar-refractivity contribution is -0.140. The average Bonchev–Trinajstić information content (AvgIpc) is 3.79. The number of unbranched alkanes of at least 4 members (excludes halogenated alkanes) is 6. The molecule has 5 rings (SSSR count). The zero-order valence-electron chi connectivity index (χ0n) is 28.1. The van der Waals surface area contributed by atoms with Gasteiger partial charge in [-0.3, -0.25) is 0 Å². The number of rotatable bonds is 16. The summed E-state index contributed by atoms with van der Waals surface area (Å²) in [6.45, 7) is 4.57. The molecular formula is C36H34F8N4O4. The van der Waals surface area contributed by atoms with E-state index in [1.165, 1.54) is 12.1 Å². The molecule has 0 aliphatic heterocycles. The van der Waals surface area contributed by atoms with Gasteiger partial charge in [0.25, 0.3) is 11.8 Å². The summed E-state index contributed by atoms with van der Waals surface area (Å²) in [5.74, 6) is -3.55. The summed E-state index contributed by atoms with van der Waals surface area (Å²) in [6.07, 6.45) is -3.01. The van der Waals surface area contributed by atoms with Crippen LogP contribution in [-0.4, -0.2) is 33.6 Å². The fourth-order valence-corrected chi connectivity index (χ4v) is 5.20. The van der Waals surface area contributed by atoms with Gasteiger partial charge < -0.3 is 18.3 Å². The Morgan fingerprint density at radius 1 is 0.519 bits per heavy atom. The topological polar surface area (TPSA) is 96.3 Å². The molecule has 52 heavy (non-hydrogen) atoms. The van der Waals surface area contributed by atoms with E-state index < -0.39 is 35.1 Å². The molecule has 0 saturated heterocycles. The molecule has 0 N–H and O–H groups in total. The standard InChI is InChI=1S/C36H34F8N4O4/c1-3-5-7-9-15-49-29-19-24(34-48-46-32(52-34)22-12-14-28(38)26(18-22)36(42,43)44)30(50-16-10-8-6-4-2)20-23(29)33-47-45-31(51-33)21-11-13-27(37)25(17-21)35(39,40)41/h11-14,17-20H,3-10,15-16H2,1-2H3. The fraction of sp³-hybridized carbons (Fsp3) is 0.389. The Morgan fingerprint density at radius 2 is 0.904 bits per heavy atom. The molecule has 0 amide bonds. The van der Waals surface area contributed by atoms with E-state index in [-0.39, 0.29) is 70.5 Å². The first kappa shape index (κ1) is 38.2. The quantitative estimate of drug-likeness (QED) is 0.0729. The molecule has 0 atom stereocenters. The molecule has 2 aromatic heterocycles. The van der Waals surface area contributed by atoms with Crippen molar-refractivity contribution in [2.75, 3.05) is 13.2 Å². The van der Waals surface area contributed by atoms with Crippen LogP contribution in [0.1, 0.15) is 76.3 Å². The third kappa shape index (κ3) is 9.25. The number of aromatic nitrogens is 4. The van der Waals surface area contributed by atoms with Crippen molar-refractivity contribution in [3.05, 3.63) is 71.3 Å². The molecule has 5 aromatic rings. The van der Waals surface area contributed by atoms with Gasteiger partial charge in [0.15, 0.2) is 0 Å². The van der Waals surface area contributed by atoms with Crippen LogP contribution in [0.25, 0.3) is 45.8 Å². The van der Waals surface area contributed by atoms with E-state index in [4.69, 9.17) is 18.3 Å². The molecule has 278 valence electrons. The van der Waals surface area contributed by atoms with E-state index in [2.05, 4.69) is 20.4 Å². The molecule has 16 heteroatoms. The summed E-state index contributed by atoms with van der Waals surface area (Å²) >= 11 is 0. The van der Waals surface area contributed by atoms with Crippen molar-refractivity contribution in [1.82, 2.24) is 20.4 Å². The average molecular weight is 739 g/mol. The Balaban J connectivity index is 1.58. The molecule has 0 radical (unpaired) electrons. The molecule has 0 aliphatic carbocycles. The maximum Gasteiger partial charge on any atom is 0.419 e. The van der Waals surface area contributed by atoms with Crippen LogP contribution in [-0.2, 0) is 12.4 Å². The van der Waals surface area contributed by atoms with E-state index in [9.17, 15) is 35.1 Å². The summed E-state index contributed by atoms with van der Waals surface area (Å²) in [4.78, 5) is 0. The number of benzene rings is 3. The van der Waals surface area contributed by atoms with Crippen LogP contribution in [0.5, 0.6) is 11.5 Å². The number of nitrogens with zero attached hydrogens (tertiary/aromatic N) is 4. The number of hydrogen-bond acceptors (Lipinski definition) is 8. The van der Waals surface area contributed by atoms with Crippen LogP contribution in [0.15, 0.2) is 57.4 Å². The molecule has 8 nitrogen and oxygen atoms in total. The second-order valence-electron chi connectivity index (χ2n) is 11.9. The highest BCUT2D eigenvalue weighted by molar-refractivity contribution is 5.76. The fourth-order valence-electron chi connectivity index (χ4n) is 5.20. The van der Waals surface area contributed by atoms with E-state index >= 15 is 0 Å². The Morgan fingerprint density at radius 3 is 1.27 bits per heavy atom. The number of ether oxygens (including phenoxy) is 2. The SMILES string of the molecule is CCCCCCOc1cc(-c2nnc(-c3ccc(F)c(C(F)(F)F)c3)o2)c(OCCCCCC)cc1-c1nnc(-c2ccc(F)c(C(F)(F)F)c2)o1. The van der Waals surface area contributed by atoms with Crippen molar-refractivity contribution in [3.8, 4) is 57.3 Å². The minimum atomic E-state index is -4.97. The third-order valence-corrected chi connectivity index (χ3v) is 7.94. The van der Waals surface area contributed by atoms with Gasteiger partial charge in [-0.05, 0) is 61.4 Å². The Bertz CT molecular complexity index is 1820. The van der Waals surface area contributed by atoms with Gasteiger partial charge in [-0.25, -0.2) is 8.78 Å². The lowest BCUT2D eigenvalue weighted by Crippen LogP contribution is -2.08. The van der Waals surface area contributed by atoms with Gasteiger partial charge in [0.1, 0.15) is 23.1 Å². The van der Waals surface area contributed by atoms with E-state index in [1.807, 2.05) is 13.8 Å². The monoisotopic (exact) mass is 738 g/mol. The maximum atomic E-state index is 14.0. The molecule has 0 saturated carbocycles. The van der Waals surface area contributed by atoms with E-state index in [0.717, 1.165) is 50.7 Å². The summed E-state index contributed by atoms with van der Waals surface area (Å²) in [5.41, 5.74) is -2.95. The van der Waals surface area contributed by atoms with Gasteiger partial charge in [-0.2, -0.15) is 26.3 Å². The maximum absolute atomic E-state index is 14.0. The normalized spacial score (nSPS) is 12.0. The first-order chi connectivity index (χ1) is 24.8. The van der Waals surface area contributed by atoms with E-state index in [0.29, 0.717) is 37.1 Å². The molecule has 0 aliphatic rings. The van der Waals surface area contributed by atoms with Crippen LogP contribution >= 0.6 is 0 Å². The highest BCUT2D eigenvalue weighted by atomic mass is 19.4. The highest BCUT2D eigenvalue weighted by Crippen LogP contribution is 2.43. The molecule has 0 fully saturated rings.